The number of benzene rings is 2. The van der Waals surface area contributed by atoms with Crippen LogP contribution < -0.4 is 5.32 Å². The molecule has 2 aromatic carbocycles. The summed E-state index contributed by atoms with van der Waals surface area (Å²) in [6, 6.07) is 13.7. The smallest absolute Gasteiger partial charge is 0.234 e. The van der Waals surface area contributed by atoms with E-state index in [4.69, 9.17) is 0 Å². The second-order valence-corrected chi connectivity index (χ2v) is 4.93. The molecule has 19 heavy (non-hydrogen) atoms. The maximum atomic E-state index is 12.1. The Morgan fingerprint density at radius 1 is 1.11 bits per heavy atom. The molecule has 0 aliphatic heterocycles. The van der Waals surface area contributed by atoms with Crippen LogP contribution in [0.1, 0.15) is 19.3 Å². The molecule has 96 valence electrons. The van der Waals surface area contributed by atoms with Gasteiger partial charge in [0.15, 0.2) is 0 Å². The van der Waals surface area contributed by atoms with Crippen LogP contribution in [0.2, 0.25) is 0 Å². The first-order chi connectivity index (χ1) is 9.25. The SMILES string of the molecule is O=C1CCCC1C(=O)Nc1cccc2ccccc12. The van der Waals surface area contributed by atoms with Crippen molar-refractivity contribution < 1.29 is 9.59 Å². The number of fused-ring (bicyclic) bond motifs is 1. The molecule has 1 saturated carbocycles. The van der Waals surface area contributed by atoms with E-state index in [2.05, 4.69) is 5.32 Å². The van der Waals surface area contributed by atoms with Crippen LogP contribution in [0.25, 0.3) is 10.8 Å². The van der Waals surface area contributed by atoms with Gasteiger partial charge in [0.25, 0.3) is 0 Å². The minimum Gasteiger partial charge on any atom is -0.325 e. The summed E-state index contributed by atoms with van der Waals surface area (Å²) in [6.07, 6.45) is 2.04. The summed E-state index contributed by atoms with van der Waals surface area (Å²) in [5.74, 6) is -0.560. The quantitative estimate of drug-likeness (QED) is 0.836. The van der Waals surface area contributed by atoms with Crippen molar-refractivity contribution in [3.63, 3.8) is 0 Å². The van der Waals surface area contributed by atoms with Gasteiger partial charge in [0.1, 0.15) is 5.78 Å². The van der Waals surface area contributed by atoms with E-state index < -0.39 is 5.92 Å². The Morgan fingerprint density at radius 2 is 1.89 bits per heavy atom. The number of carbonyl (C=O) groups excluding carboxylic acids is 2. The van der Waals surface area contributed by atoms with Crippen molar-refractivity contribution >= 4 is 28.2 Å². The minimum atomic E-state index is -0.459. The van der Waals surface area contributed by atoms with Crippen LogP contribution in [0.3, 0.4) is 0 Å². The molecule has 3 heteroatoms. The molecule has 0 heterocycles. The predicted molar refractivity (Wildman–Crippen MR) is 74.9 cm³/mol. The Hall–Kier alpha value is -2.16. The number of nitrogens with one attached hydrogen (secondary N) is 1. The number of hydrogen-bond acceptors (Lipinski definition) is 2. The molecule has 1 atom stereocenters. The summed E-state index contributed by atoms with van der Waals surface area (Å²) in [6.45, 7) is 0. The van der Waals surface area contributed by atoms with E-state index in [1.807, 2.05) is 42.5 Å². The Bertz CT molecular complexity index is 643. The monoisotopic (exact) mass is 253 g/mol. The van der Waals surface area contributed by atoms with Crippen molar-refractivity contribution in [1.82, 2.24) is 0 Å². The summed E-state index contributed by atoms with van der Waals surface area (Å²) in [5, 5.41) is 4.98. The predicted octanol–water partition coefficient (Wildman–Crippen LogP) is 3.15. The highest BCUT2D eigenvalue weighted by Gasteiger charge is 2.30. The van der Waals surface area contributed by atoms with Crippen LogP contribution in [0.5, 0.6) is 0 Å². The van der Waals surface area contributed by atoms with E-state index in [0.717, 1.165) is 22.9 Å². The van der Waals surface area contributed by atoms with Crippen LogP contribution in [0.4, 0.5) is 5.69 Å². The molecule has 3 nitrogen and oxygen atoms in total. The first kappa shape index (κ1) is 11.9. The third kappa shape index (κ3) is 2.24. The van der Waals surface area contributed by atoms with Crippen LogP contribution in [-0.4, -0.2) is 11.7 Å². The molecule has 0 bridgehead atoms. The first-order valence-electron chi connectivity index (χ1n) is 6.57. The maximum Gasteiger partial charge on any atom is 0.234 e. The fourth-order valence-corrected chi connectivity index (χ4v) is 2.65. The topological polar surface area (TPSA) is 46.2 Å². The number of rotatable bonds is 2. The van der Waals surface area contributed by atoms with Crippen LogP contribution in [0.15, 0.2) is 42.5 Å². The minimum absolute atomic E-state index is 0.0673. The van der Waals surface area contributed by atoms with Gasteiger partial charge in [-0.15, -0.1) is 0 Å². The summed E-state index contributed by atoms with van der Waals surface area (Å²) >= 11 is 0. The van der Waals surface area contributed by atoms with Crippen LogP contribution >= 0.6 is 0 Å². The van der Waals surface area contributed by atoms with Gasteiger partial charge in [0.2, 0.25) is 5.91 Å². The Labute approximate surface area is 111 Å². The van der Waals surface area contributed by atoms with Crippen LogP contribution in [-0.2, 0) is 9.59 Å². The second kappa shape index (κ2) is 4.84. The molecule has 0 spiro atoms. The van der Waals surface area contributed by atoms with Gasteiger partial charge < -0.3 is 5.32 Å². The van der Waals surface area contributed by atoms with Crippen molar-refractivity contribution in [2.24, 2.45) is 5.92 Å². The Kier molecular flexibility index (Phi) is 3.03. The second-order valence-electron chi connectivity index (χ2n) is 4.93. The molecular formula is C16H15NO2. The molecule has 3 rings (SSSR count). The number of carbonyl (C=O) groups is 2. The van der Waals surface area contributed by atoms with Crippen molar-refractivity contribution in [2.75, 3.05) is 5.32 Å². The average Bonchev–Trinajstić information content (AvgIpc) is 2.85. The lowest BCUT2D eigenvalue weighted by Crippen LogP contribution is -2.25. The molecule has 1 unspecified atom stereocenters. The Morgan fingerprint density at radius 3 is 2.68 bits per heavy atom. The lowest BCUT2D eigenvalue weighted by atomic mass is 10.1. The first-order valence-corrected chi connectivity index (χ1v) is 6.57. The normalized spacial score (nSPS) is 18.7. The number of Topliss-reactive ketones (excluding diaryl/α,β-unsaturated/α-hetero) is 1. The van der Waals surface area contributed by atoms with Gasteiger partial charge in [-0.25, -0.2) is 0 Å². The number of amides is 1. The van der Waals surface area contributed by atoms with Gasteiger partial charge in [-0.2, -0.15) is 0 Å². The van der Waals surface area contributed by atoms with Crippen molar-refractivity contribution in [3.05, 3.63) is 42.5 Å². The van der Waals surface area contributed by atoms with E-state index >= 15 is 0 Å². The molecule has 1 N–H and O–H groups in total. The molecule has 1 amide bonds. The van der Waals surface area contributed by atoms with Gasteiger partial charge in [-0.1, -0.05) is 36.4 Å². The highest BCUT2D eigenvalue weighted by atomic mass is 16.2. The van der Waals surface area contributed by atoms with Crippen LogP contribution in [0, 0.1) is 5.92 Å². The van der Waals surface area contributed by atoms with Gasteiger partial charge in [-0.3, -0.25) is 9.59 Å². The zero-order chi connectivity index (χ0) is 13.2. The molecule has 1 aliphatic carbocycles. The highest BCUT2D eigenvalue weighted by molar-refractivity contribution is 6.11. The zero-order valence-electron chi connectivity index (χ0n) is 10.6. The molecule has 0 saturated heterocycles. The zero-order valence-corrected chi connectivity index (χ0v) is 10.6. The number of anilines is 1. The van der Waals surface area contributed by atoms with E-state index in [-0.39, 0.29) is 11.7 Å². The van der Waals surface area contributed by atoms with E-state index in [0.29, 0.717) is 12.8 Å². The van der Waals surface area contributed by atoms with Crippen molar-refractivity contribution in [3.8, 4) is 0 Å². The molecule has 2 aromatic rings. The third-order valence-electron chi connectivity index (χ3n) is 3.67. The molecule has 0 aromatic heterocycles. The van der Waals surface area contributed by atoms with E-state index in [9.17, 15) is 9.59 Å². The van der Waals surface area contributed by atoms with Crippen molar-refractivity contribution in [2.45, 2.75) is 19.3 Å². The number of hydrogen-bond donors (Lipinski definition) is 1. The lowest BCUT2D eigenvalue weighted by molar-refractivity contribution is -0.129. The van der Waals surface area contributed by atoms with Crippen molar-refractivity contribution in [1.29, 1.82) is 0 Å². The maximum absolute atomic E-state index is 12.1. The van der Waals surface area contributed by atoms with E-state index in [1.54, 1.807) is 0 Å². The molecule has 0 radical (unpaired) electrons. The summed E-state index contributed by atoms with van der Waals surface area (Å²) < 4.78 is 0. The molecule has 1 fully saturated rings. The largest absolute Gasteiger partial charge is 0.325 e. The lowest BCUT2D eigenvalue weighted by Gasteiger charge is -2.11. The van der Waals surface area contributed by atoms with Gasteiger partial charge in [0.05, 0.1) is 5.92 Å². The standard InChI is InChI=1S/C16H15NO2/c18-15-10-4-8-13(15)16(19)17-14-9-3-6-11-5-1-2-7-12(11)14/h1-3,5-7,9,13H,4,8,10H2,(H,17,19). The fraction of sp³-hybridized carbons (Fsp3) is 0.250. The summed E-state index contributed by atoms with van der Waals surface area (Å²) in [7, 11) is 0. The van der Waals surface area contributed by atoms with Gasteiger partial charge in [0, 0.05) is 17.5 Å². The van der Waals surface area contributed by atoms with Gasteiger partial charge >= 0.3 is 0 Å². The highest BCUT2D eigenvalue weighted by Crippen LogP contribution is 2.26. The van der Waals surface area contributed by atoms with E-state index in [1.165, 1.54) is 0 Å². The molecule has 1 aliphatic rings. The number of ketones is 1. The summed E-state index contributed by atoms with van der Waals surface area (Å²) in [5.41, 5.74) is 0.780. The average molecular weight is 253 g/mol. The Balaban J connectivity index is 1.89. The molecular weight excluding hydrogens is 238 g/mol. The fourth-order valence-electron chi connectivity index (χ4n) is 2.65. The summed E-state index contributed by atoms with van der Waals surface area (Å²) in [4.78, 5) is 23.7. The van der Waals surface area contributed by atoms with Gasteiger partial charge in [-0.05, 0) is 24.3 Å². The third-order valence-corrected chi connectivity index (χ3v) is 3.67.